The SMILES string of the molecule is O=C1/C(=C\NCc2ccc(F)cc2)S(=O)(=O)N(Cc2ccc(Cl)cc2)c2ccccc21. The molecule has 0 saturated heterocycles. The van der Waals surface area contributed by atoms with Crippen LogP contribution in [0, 0.1) is 5.82 Å². The fraction of sp³-hybridized carbons (Fsp3) is 0.0870. The van der Waals surface area contributed by atoms with Gasteiger partial charge in [0, 0.05) is 23.3 Å². The van der Waals surface area contributed by atoms with E-state index in [0.29, 0.717) is 16.3 Å². The van der Waals surface area contributed by atoms with Crippen molar-refractivity contribution in [2.24, 2.45) is 0 Å². The highest BCUT2D eigenvalue weighted by Crippen LogP contribution is 2.36. The number of hydrogen-bond acceptors (Lipinski definition) is 4. The van der Waals surface area contributed by atoms with Gasteiger partial charge in [-0.15, -0.1) is 0 Å². The van der Waals surface area contributed by atoms with E-state index in [2.05, 4.69) is 5.32 Å². The number of fused-ring (bicyclic) bond motifs is 1. The summed E-state index contributed by atoms with van der Waals surface area (Å²) in [7, 11) is -4.11. The number of hydrogen-bond donors (Lipinski definition) is 1. The first-order chi connectivity index (χ1) is 14.9. The Labute approximate surface area is 184 Å². The number of ketones is 1. The predicted molar refractivity (Wildman–Crippen MR) is 119 cm³/mol. The molecule has 1 N–H and O–H groups in total. The fourth-order valence-corrected chi connectivity index (χ4v) is 4.99. The Morgan fingerprint density at radius 1 is 0.935 bits per heavy atom. The molecule has 1 heterocycles. The minimum absolute atomic E-state index is 0.0547. The number of sulfonamides is 1. The molecule has 1 aliphatic heterocycles. The van der Waals surface area contributed by atoms with Crippen LogP contribution in [-0.2, 0) is 23.1 Å². The Morgan fingerprint density at radius 2 is 1.58 bits per heavy atom. The number of carbonyl (C=O) groups is 1. The van der Waals surface area contributed by atoms with Crippen molar-refractivity contribution in [1.82, 2.24) is 5.32 Å². The van der Waals surface area contributed by atoms with Gasteiger partial charge in [-0.1, -0.05) is 48.0 Å². The van der Waals surface area contributed by atoms with Crippen molar-refractivity contribution in [1.29, 1.82) is 0 Å². The first kappa shape index (κ1) is 21.1. The highest BCUT2D eigenvalue weighted by atomic mass is 35.5. The molecule has 5 nitrogen and oxygen atoms in total. The molecule has 0 saturated carbocycles. The maximum absolute atomic E-state index is 13.4. The topological polar surface area (TPSA) is 66.5 Å². The standard InChI is InChI=1S/C23H18ClFN2O3S/c24-18-9-5-17(6-10-18)15-27-21-4-2-1-3-20(21)23(28)22(31(27,29)30)14-26-13-16-7-11-19(25)12-8-16/h1-12,14,26H,13,15H2/b22-14+. The summed E-state index contributed by atoms with van der Waals surface area (Å²) >= 11 is 5.94. The number of para-hydroxylation sites is 1. The van der Waals surface area contributed by atoms with Crippen LogP contribution in [-0.4, -0.2) is 14.2 Å². The zero-order valence-corrected chi connectivity index (χ0v) is 17.8. The zero-order chi connectivity index (χ0) is 22.0. The van der Waals surface area contributed by atoms with Crippen molar-refractivity contribution in [2.75, 3.05) is 4.31 Å². The van der Waals surface area contributed by atoms with Gasteiger partial charge in [0.05, 0.1) is 12.2 Å². The molecule has 31 heavy (non-hydrogen) atoms. The molecule has 158 valence electrons. The first-order valence-electron chi connectivity index (χ1n) is 9.45. The van der Waals surface area contributed by atoms with Crippen molar-refractivity contribution in [3.05, 3.63) is 111 Å². The number of allylic oxidation sites excluding steroid dienone is 1. The number of Topliss-reactive ketones (excluding diaryl/α,β-unsaturated/α-hetero) is 1. The highest BCUT2D eigenvalue weighted by molar-refractivity contribution is 7.97. The molecule has 0 fully saturated rings. The third-order valence-electron chi connectivity index (χ3n) is 4.90. The van der Waals surface area contributed by atoms with Gasteiger partial charge in [0.25, 0.3) is 10.0 Å². The van der Waals surface area contributed by atoms with Crippen LogP contribution in [0.3, 0.4) is 0 Å². The van der Waals surface area contributed by atoms with Crippen molar-refractivity contribution >= 4 is 33.1 Å². The molecule has 0 aromatic heterocycles. The number of nitrogens with zero attached hydrogens (tertiary/aromatic N) is 1. The van der Waals surface area contributed by atoms with Crippen molar-refractivity contribution < 1.29 is 17.6 Å². The van der Waals surface area contributed by atoms with Crippen LogP contribution in [0.2, 0.25) is 5.02 Å². The molecule has 0 amide bonds. The van der Waals surface area contributed by atoms with E-state index in [0.717, 1.165) is 11.1 Å². The zero-order valence-electron chi connectivity index (χ0n) is 16.3. The lowest BCUT2D eigenvalue weighted by Gasteiger charge is -2.31. The molecule has 8 heteroatoms. The summed E-state index contributed by atoms with van der Waals surface area (Å²) in [5.41, 5.74) is 2.12. The Balaban J connectivity index is 1.68. The van der Waals surface area contributed by atoms with E-state index in [1.54, 1.807) is 60.7 Å². The second-order valence-corrected chi connectivity index (χ2v) is 9.27. The van der Waals surface area contributed by atoms with Crippen LogP contribution in [0.4, 0.5) is 10.1 Å². The summed E-state index contributed by atoms with van der Waals surface area (Å²) in [5.74, 6) is -0.934. The molecule has 0 spiro atoms. The third-order valence-corrected chi connectivity index (χ3v) is 6.92. The van der Waals surface area contributed by atoms with Crippen molar-refractivity contribution in [3.63, 3.8) is 0 Å². The molecule has 1 aliphatic rings. The van der Waals surface area contributed by atoms with Crippen LogP contribution in [0.1, 0.15) is 21.5 Å². The largest absolute Gasteiger partial charge is 0.386 e. The summed E-state index contributed by atoms with van der Waals surface area (Å²) in [5, 5.41) is 3.42. The van der Waals surface area contributed by atoms with E-state index >= 15 is 0 Å². The molecule has 3 aromatic rings. The summed E-state index contributed by atoms with van der Waals surface area (Å²) in [4.78, 5) is 12.6. The van der Waals surface area contributed by atoms with Gasteiger partial charge >= 0.3 is 0 Å². The molecule has 0 radical (unpaired) electrons. The van der Waals surface area contributed by atoms with Gasteiger partial charge in [0.15, 0.2) is 4.91 Å². The molecule has 0 unspecified atom stereocenters. The summed E-state index contributed by atoms with van der Waals surface area (Å²) in [6.07, 6.45) is 1.21. The smallest absolute Gasteiger partial charge is 0.270 e. The van der Waals surface area contributed by atoms with E-state index in [1.807, 2.05) is 0 Å². The van der Waals surface area contributed by atoms with Gasteiger partial charge in [-0.05, 0) is 47.5 Å². The van der Waals surface area contributed by atoms with E-state index in [9.17, 15) is 17.6 Å². The Morgan fingerprint density at radius 3 is 2.29 bits per heavy atom. The minimum Gasteiger partial charge on any atom is -0.386 e. The number of anilines is 1. The number of nitrogens with one attached hydrogen (secondary N) is 1. The first-order valence-corrected chi connectivity index (χ1v) is 11.3. The molecule has 0 aliphatic carbocycles. The molecule has 0 atom stereocenters. The van der Waals surface area contributed by atoms with Crippen LogP contribution >= 0.6 is 11.6 Å². The maximum Gasteiger partial charge on any atom is 0.270 e. The maximum atomic E-state index is 13.4. The lowest BCUT2D eigenvalue weighted by Crippen LogP contribution is -2.39. The Bertz CT molecular complexity index is 1260. The van der Waals surface area contributed by atoms with Crippen LogP contribution in [0.5, 0.6) is 0 Å². The van der Waals surface area contributed by atoms with Gasteiger partial charge in [-0.2, -0.15) is 0 Å². The fourth-order valence-electron chi connectivity index (χ4n) is 3.31. The van der Waals surface area contributed by atoms with E-state index in [4.69, 9.17) is 11.6 Å². The summed E-state index contributed by atoms with van der Waals surface area (Å²) < 4.78 is 41.0. The minimum atomic E-state index is -4.11. The summed E-state index contributed by atoms with van der Waals surface area (Å²) in [6.45, 7) is 0.296. The van der Waals surface area contributed by atoms with Crippen LogP contribution in [0.25, 0.3) is 0 Å². The van der Waals surface area contributed by atoms with Gasteiger partial charge in [0.1, 0.15) is 5.82 Å². The number of carbonyl (C=O) groups excluding carboxylic acids is 1. The van der Waals surface area contributed by atoms with Crippen molar-refractivity contribution in [3.8, 4) is 0 Å². The lowest BCUT2D eigenvalue weighted by atomic mass is 10.1. The average Bonchev–Trinajstić information content (AvgIpc) is 2.76. The van der Waals surface area contributed by atoms with E-state index in [1.165, 1.54) is 22.6 Å². The second-order valence-electron chi connectivity index (χ2n) is 7.00. The van der Waals surface area contributed by atoms with Gasteiger partial charge < -0.3 is 5.32 Å². The predicted octanol–water partition coefficient (Wildman–Crippen LogP) is 4.64. The normalized spacial score (nSPS) is 16.3. The molecule has 0 bridgehead atoms. The van der Waals surface area contributed by atoms with Crippen LogP contribution < -0.4 is 9.62 Å². The molecule has 3 aromatic carbocycles. The average molecular weight is 457 g/mol. The molecular weight excluding hydrogens is 439 g/mol. The Kier molecular flexibility index (Phi) is 5.80. The molecule has 4 rings (SSSR count). The van der Waals surface area contributed by atoms with Gasteiger partial charge in [-0.25, -0.2) is 12.8 Å². The quantitative estimate of drug-likeness (QED) is 0.568. The van der Waals surface area contributed by atoms with Gasteiger partial charge in [0.2, 0.25) is 5.78 Å². The molecular formula is C23H18ClFN2O3S. The van der Waals surface area contributed by atoms with Gasteiger partial charge in [-0.3, -0.25) is 9.10 Å². The number of halogens is 2. The second kappa shape index (κ2) is 8.53. The number of benzene rings is 3. The summed E-state index contributed by atoms with van der Waals surface area (Å²) in [6, 6.07) is 19.3. The monoisotopic (exact) mass is 456 g/mol. The van der Waals surface area contributed by atoms with Crippen LogP contribution in [0.15, 0.2) is 83.9 Å². The van der Waals surface area contributed by atoms with E-state index < -0.39 is 15.8 Å². The number of rotatable bonds is 5. The third kappa shape index (κ3) is 4.33. The van der Waals surface area contributed by atoms with Crippen molar-refractivity contribution in [2.45, 2.75) is 13.1 Å². The van der Waals surface area contributed by atoms with E-state index in [-0.39, 0.29) is 23.8 Å². The lowest BCUT2D eigenvalue weighted by molar-refractivity contribution is 0.104. The highest BCUT2D eigenvalue weighted by Gasteiger charge is 2.39. The Hall–Kier alpha value is -3.16.